The number of thioether (sulfide) groups is 1. The third-order valence-electron chi connectivity index (χ3n) is 3.79. The summed E-state index contributed by atoms with van der Waals surface area (Å²) in [7, 11) is 0. The Labute approximate surface area is 161 Å². The van der Waals surface area contributed by atoms with Gasteiger partial charge in [-0.15, -0.1) is 0 Å². The molecule has 2 amide bonds. The number of rotatable bonds is 8. The lowest BCUT2D eigenvalue weighted by Gasteiger charge is -2.08. The van der Waals surface area contributed by atoms with E-state index in [9.17, 15) is 9.59 Å². The summed E-state index contributed by atoms with van der Waals surface area (Å²) in [6.45, 7) is 2.50. The van der Waals surface area contributed by atoms with Crippen molar-refractivity contribution < 1.29 is 19.2 Å². The lowest BCUT2D eigenvalue weighted by atomic mass is 10.1. The molecule has 1 fully saturated rings. The van der Waals surface area contributed by atoms with E-state index < -0.39 is 0 Å². The van der Waals surface area contributed by atoms with Gasteiger partial charge in [0.1, 0.15) is 18.1 Å². The predicted octanol–water partition coefficient (Wildman–Crippen LogP) is 2.80. The molecule has 1 aliphatic heterocycles. The first-order valence-electron chi connectivity index (χ1n) is 8.43. The highest BCUT2D eigenvalue weighted by atomic mass is 32.2. The first-order valence-corrected chi connectivity index (χ1v) is 9.31. The van der Waals surface area contributed by atoms with Gasteiger partial charge in [-0.2, -0.15) is 0 Å². The van der Waals surface area contributed by atoms with Gasteiger partial charge in [0.2, 0.25) is 5.91 Å². The molecule has 3 rings (SSSR count). The van der Waals surface area contributed by atoms with Crippen LogP contribution in [0, 0.1) is 0 Å². The molecule has 2 heterocycles. The number of hydrogen-bond acceptors (Lipinski definition) is 7. The van der Waals surface area contributed by atoms with E-state index in [4.69, 9.17) is 9.57 Å². The Morgan fingerprint density at radius 2 is 2.00 bits per heavy atom. The van der Waals surface area contributed by atoms with Crippen molar-refractivity contribution in [2.24, 2.45) is 5.16 Å². The number of carbonyl (C=O) groups excluding carboxylic acids is 2. The highest BCUT2D eigenvalue weighted by molar-refractivity contribution is 8.15. The van der Waals surface area contributed by atoms with Crippen LogP contribution in [0.2, 0.25) is 0 Å². The molecule has 0 radical (unpaired) electrons. The third kappa shape index (κ3) is 5.55. The SMILES string of the molecule is C/C(=N\OCCOc1ccc(CC2SC(=O)NC2=O)cc1)c1ccccn1. The number of hydrogen-bond donors (Lipinski definition) is 1. The summed E-state index contributed by atoms with van der Waals surface area (Å²) >= 11 is 1.03. The molecule has 1 aromatic heterocycles. The Hall–Kier alpha value is -2.87. The zero-order valence-corrected chi connectivity index (χ0v) is 15.6. The van der Waals surface area contributed by atoms with Gasteiger partial charge < -0.3 is 9.57 Å². The Morgan fingerprint density at radius 3 is 2.67 bits per heavy atom. The molecule has 2 aromatic rings. The molecule has 1 aromatic carbocycles. The summed E-state index contributed by atoms with van der Waals surface area (Å²) in [6, 6.07) is 13.0. The van der Waals surface area contributed by atoms with Crippen molar-refractivity contribution in [1.82, 2.24) is 10.3 Å². The molecule has 1 aliphatic rings. The van der Waals surface area contributed by atoms with Gasteiger partial charge in [0.25, 0.3) is 5.24 Å². The molecule has 1 N–H and O–H groups in total. The summed E-state index contributed by atoms with van der Waals surface area (Å²) in [6.07, 6.45) is 2.21. The van der Waals surface area contributed by atoms with E-state index in [1.54, 1.807) is 6.20 Å². The van der Waals surface area contributed by atoms with Crippen molar-refractivity contribution in [2.45, 2.75) is 18.6 Å². The number of benzene rings is 1. The summed E-state index contributed by atoms with van der Waals surface area (Å²) in [4.78, 5) is 32.2. The Bertz CT molecular complexity index is 825. The van der Waals surface area contributed by atoms with Crippen molar-refractivity contribution in [3.8, 4) is 5.75 Å². The van der Waals surface area contributed by atoms with E-state index >= 15 is 0 Å². The van der Waals surface area contributed by atoms with Crippen LogP contribution in [0.5, 0.6) is 5.75 Å². The summed E-state index contributed by atoms with van der Waals surface area (Å²) < 4.78 is 5.61. The van der Waals surface area contributed by atoms with E-state index in [0.717, 1.165) is 23.0 Å². The second kappa shape index (κ2) is 9.18. The van der Waals surface area contributed by atoms with Crippen LogP contribution in [-0.2, 0) is 16.1 Å². The number of amides is 2. The van der Waals surface area contributed by atoms with E-state index in [1.807, 2.05) is 49.4 Å². The van der Waals surface area contributed by atoms with Gasteiger partial charge >= 0.3 is 0 Å². The maximum atomic E-state index is 11.6. The van der Waals surface area contributed by atoms with Gasteiger partial charge in [0, 0.05) is 6.20 Å². The molecule has 0 bridgehead atoms. The predicted molar refractivity (Wildman–Crippen MR) is 103 cm³/mol. The van der Waals surface area contributed by atoms with Crippen LogP contribution in [0.3, 0.4) is 0 Å². The number of oxime groups is 1. The van der Waals surface area contributed by atoms with Gasteiger partial charge in [-0.05, 0) is 43.2 Å². The largest absolute Gasteiger partial charge is 0.490 e. The third-order valence-corrected chi connectivity index (χ3v) is 4.77. The van der Waals surface area contributed by atoms with Crippen molar-refractivity contribution in [2.75, 3.05) is 13.2 Å². The summed E-state index contributed by atoms with van der Waals surface area (Å²) in [5, 5.41) is 5.66. The molecule has 0 aliphatic carbocycles. The molecule has 140 valence electrons. The quantitative estimate of drug-likeness (QED) is 0.427. The summed E-state index contributed by atoms with van der Waals surface area (Å²) in [5.74, 6) is 0.469. The minimum absolute atomic E-state index is 0.232. The fourth-order valence-electron chi connectivity index (χ4n) is 2.43. The van der Waals surface area contributed by atoms with Crippen LogP contribution in [0.25, 0.3) is 0 Å². The smallest absolute Gasteiger partial charge is 0.286 e. The first-order chi connectivity index (χ1) is 13.1. The molecule has 1 unspecified atom stereocenters. The van der Waals surface area contributed by atoms with Crippen molar-refractivity contribution >= 4 is 28.6 Å². The maximum Gasteiger partial charge on any atom is 0.286 e. The fraction of sp³-hybridized carbons (Fsp3) is 0.263. The van der Waals surface area contributed by atoms with Crippen LogP contribution in [0.4, 0.5) is 4.79 Å². The maximum absolute atomic E-state index is 11.6. The molecule has 8 heteroatoms. The number of imide groups is 1. The van der Waals surface area contributed by atoms with Crippen LogP contribution in [-0.4, -0.2) is 40.3 Å². The number of nitrogens with zero attached hydrogens (tertiary/aromatic N) is 2. The monoisotopic (exact) mass is 385 g/mol. The molecule has 27 heavy (non-hydrogen) atoms. The van der Waals surface area contributed by atoms with Crippen LogP contribution >= 0.6 is 11.8 Å². The zero-order chi connectivity index (χ0) is 19.1. The number of pyridine rings is 1. The molecule has 1 saturated heterocycles. The van der Waals surface area contributed by atoms with Gasteiger partial charge in [-0.25, -0.2) is 0 Å². The normalized spacial score (nSPS) is 16.9. The lowest BCUT2D eigenvalue weighted by molar-refractivity contribution is -0.118. The number of aromatic nitrogens is 1. The molecular weight excluding hydrogens is 366 g/mol. The van der Waals surface area contributed by atoms with Gasteiger partial charge in [0.15, 0.2) is 6.61 Å². The van der Waals surface area contributed by atoms with E-state index in [1.165, 1.54) is 0 Å². The number of ether oxygens (including phenoxy) is 1. The second-order valence-electron chi connectivity index (χ2n) is 5.80. The topological polar surface area (TPSA) is 89.9 Å². The van der Waals surface area contributed by atoms with E-state index in [0.29, 0.717) is 31.1 Å². The first kappa shape index (κ1) is 18.9. The van der Waals surface area contributed by atoms with E-state index in [-0.39, 0.29) is 16.4 Å². The molecule has 7 nitrogen and oxygen atoms in total. The number of nitrogens with one attached hydrogen (secondary N) is 1. The highest BCUT2D eigenvalue weighted by Gasteiger charge is 2.31. The van der Waals surface area contributed by atoms with Crippen molar-refractivity contribution in [3.63, 3.8) is 0 Å². The van der Waals surface area contributed by atoms with Gasteiger partial charge in [-0.1, -0.05) is 35.1 Å². The minimum atomic E-state index is -0.363. The average Bonchev–Trinajstić information content (AvgIpc) is 3.00. The molecule has 0 spiro atoms. The van der Waals surface area contributed by atoms with Crippen LogP contribution < -0.4 is 10.1 Å². The average molecular weight is 385 g/mol. The van der Waals surface area contributed by atoms with Crippen LogP contribution in [0.1, 0.15) is 18.2 Å². The molecule has 0 saturated carbocycles. The Kier molecular flexibility index (Phi) is 6.43. The van der Waals surface area contributed by atoms with Crippen molar-refractivity contribution in [1.29, 1.82) is 0 Å². The number of carbonyl (C=O) groups is 2. The molecule has 1 atom stereocenters. The fourth-order valence-corrected chi connectivity index (χ4v) is 3.29. The van der Waals surface area contributed by atoms with Crippen molar-refractivity contribution in [3.05, 3.63) is 59.9 Å². The van der Waals surface area contributed by atoms with Crippen LogP contribution in [0.15, 0.2) is 53.8 Å². The minimum Gasteiger partial charge on any atom is -0.490 e. The van der Waals surface area contributed by atoms with Gasteiger partial charge in [0.05, 0.1) is 10.9 Å². The lowest BCUT2D eigenvalue weighted by Crippen LogP contribution is -2.25. The Morgan fingerprint density at radius 1 is 1.19 bits per heavy atom. The summed E-state index contributed by atoms with van der Waals surface area (Å²) in [5.41, 5.74) is 2.44. The second-order valence-corrected chi connectivity index (χ2v) is 6.98. The van der Waals surface area contributed by atoms with Gasteiger partial charge in [-0.3, -0.25) is 19.9 Å². The standard InChI is InChI=1S/C19H19N3O4S/c1-13(16-4-2-3-9-20-16)22-26-11-10-25-15-7-5-14(6-8-15)12-17-18(23)21-19(24)27-17/h2-9,17H,10-12H2,1H3,(H,21,23,24)/b22-13+. The zero-order valence-electron chi connectivity index (χ0n) is 14.8. The molecular formula is C19H19N3O4S. The Balaban J connectivity index is 1.40. The van der Waals surface area contributed by atoms with E-state index in [2.05, 4.69) is 15.5 Å². The highest BCUT2D eigenvalue weighted by Crippen LogP contribution is 2.23.